The van der Waals surface area contributed by atoms with Gasteiger partial charge in [-0.15, -0.1) is 0 Å². The van der Waals surface area contributed by atoms with Crippen LogP contribution in [0, 0.1) is 0 Å². The standard InChI is InChI=1S/C22H22O5/c1-13(2)5-10-16-18(25-3)11-19-20(22(16)26-4)21(24)17(12-27-19)14-6-8-15(23)9-7-14/h5-9,11-12,23H,10H2,1-4H3. The van der Waals surface area contributed by atoms with E-state index in [0.717, 1.165) is 11.1 Å². The summed E-state index contributed by atoms with van der Waals surface area (Å²) in [6.07, 6.45) is 4.05. The van der Waals surface area contributed by atoms with E-state index in [-0.39, 0.29) is 11.2 Å². The molecule has 3 rings (SSSR count). The van der Waals surface area contributed by atoms with Crippen LogP contribution < -0.4 is 14.9 Å². The maximum absolute atomic E-state index is 13.2. The minimum atomic E-state index is -0.195. The van der Waals surface area contributed by atoms with Gasteiger partial charge in [-0.3, -0.25) is 4.79 Å². The molecular weight excluding hydrogens is 344 g/mol. The second-order valence-corrected chi connectivity index (χ2v) is 6.47. The van der Waals surface area contributed by atoms with Crippen molar-refractivity contribution in [3.05, 3.63) is 64.0 Å². The second-order valence-electron chi connectivity index (χ2n) is 6.47. The van der Waals surface area contributed by atoms with Gasteiger partial charge < -0.3 is 19.0 Å². The van der Waals surface area contributed by atoms with Gasteiger partial charge in [0.1, 0.15) is 34.5 Å². The third-order valence-electron chi connectivity index (χ3n) is 4.40. The van der Waals surface area contributed by atoms with Crippen molar-refractivity contribution in [3.8, 4) is 28.4 Å². The fourth-order valence-electron chi connectivity index (χ4n) is 3.02. The van der Waals surface area contributed by atoms with Gasteiger partial charge in [0, 0.05) is 11.6 Å². The maximum Gasteiger partial charge on any atom is 0.204 e. The lowest BCUT2D eigenvalue weighted by molar-refractivity contribution is 0.389. The van der Waals surface area contributed by atoms with Gasteiger partial charge in [-0.25, -0.2) is 0 Å². The molecule has 140 valence electrons. The Balaban J connectivity index is 2.31. The van der Waals surface area contributed by atoms with Crippen LogP contribution in [0.3, 0.4) is 0 Å². The topological polar surface area (TPSA) is 68.9 Å². The number of phenols is 1. The van der Waals surface area contributed by atoms with E-state index in [1.807, 2.05) is 13.8 Å². The smallest absolute Gasteiger partial charge is 0.204 e. The molecular formula is C22H22O5. The van der Waals surface area contributed by atoms with Crippen molar-refractivity contribution in [2.45, 2.75) is 20.3 Å². The molecule has 3 aromatic rings. The number of phenolic OH excluding ortho intramolecular Hbond substituents is 1. The minimum Gasteiger partial charge on any atom is -0.508 e. The summed E-state index contributed by atoms with van der Waals surface area (Å²) in [5, 5.41) is 9.86. The highest BCUT2D eigenvalue weighted by Crippen LogP contribution is 2.37. The molecule has 0 fully saturated rings. The Kier molecular flexibility index (Phi) is 5.21. The molecule has 27 heavy (non-hydrogen) atoms. The number of ether oxygens (including phenoxy) is 2. The molecule has 0 atom stereocenters. The molecule has 0 unspecified atom stereocenters. The normalized spacial score (nSPS) is 10.7. The number of rotatable bonds is 5. The van der Waals surface area contributed by atoms with Gasteiger partial charge in [-0.2, -0.15) is 0 Å². The minimum absolute atomic E-state index is 0.134. The van der Waals surface area contributed by atoms with Crippen molar-refractivity contribution >= 4 is 11.0 Å². The van der Waals surface area contributed by atoms with Gasteiger partial charge in [0.05, 0.1) is 19.8 Å². The molecule has 0 saturated carbocycles. The van der Waals surface area contributed by atoms with Crippen LogP contribution in [-0.4, -0.2) is 19.3 Å². The molecule has 0 aliphatic carbocycles. The number of methoxy groups -OCH3 is 2. The largest absolute Gasteiger partial charge is 0.508 e. The van der Waals surface area contributed by atoms with Gasteiger partial charge in [0.2, 0.25) is 5.43 Å². The summed E-state index contributed by atoms with van der Waals surface area (Å²) in [7, 11) is 3.11. The van der Waals surface area contributed by atoms with Crippen LogP contribution in [-0.2, 0) is 6.42 Å². The zero-order chi connectivity index (χ0) is 19.6. The Bertz CT molecular complexity index is 1050. The highest BCUT2D eigenvalue weighted by molar-refractivity contribution is 5.90. The predicted molar refractivity (Wildman–Crippen MR) is 106 cm³/mol. The van der Waals surface area contributed by atoms with Gasteiger partial charge in [-0.05, 0) is 38.0 Å². The van der Waals surface area contributed by atoms with E-state index in [0.29, 0.717) is 40.0 Å². The van der Waals surface area contributed by atoms with E-state index in [9.17, 15) is 9.90 Å². The Hall–Kier alpha value is -3.21. The van der Waals surface area contributed by atoms with E-state index in [4.69, 9.17) is 13.9 Å². The molecule has 1 heterocycles. The first-order chi connectivity index (χ1) is 13.0. The van der Waals surface area contributed by atoms with Gasteiger partial charge in [0.25, 0.3) is 0 Å². The zero-order valence-electron chi connectivity index (χ0n) is 15.8. The first kappa shape index (κ1) is 18.6. The number of aromatic hydroxyl groups is 1. The molecule has 1 aromatic heterocycles. The highest BCUT2D eigenvalue weighted by Gasteiger charge is 2.20. The molecule has 5 heteroatoms. The van der Waals surface area contributed by atoms with Crippen LogP contribution in [0.15, 0.2) is 57.5 Å². The number of hydrogen-bond acceptors (Lipinski definition) is 5. The molecule has 0 aliphatic heterocycles. The maximum atomic E-state index is 13.2. The van der Waals surface area contributed by atoms with Crippen LogP contribution in [0.25, 0.3) is 22.1 Å². The first-order valence-corrected chi connectivity index (χ1v) is 8.58. The van der Waals surface area contributed by atoms with Crippen molar-refractivity contribution < 1.29 is 19.0 Å². The van der Waals surface area contributed by atoms with Crippen molar-refractivity contribution in [1.82, 2.24) is 0 Å². The van der Waals surface area contributed by atoms with E-state index in [2.05, 4.69) is 6.08 Å². The van der Waals surface area contributed by atoms with E-state index in [1.165, 1.54) is 25.5 Å². The van der Waals surface area contributed by atoms with Crippen LogP contribution in [0.1, 0.15) is 19.4 Å². The van der Waals surface area contributed by atoms with E-state index >= 15 is 0 Å². The van der Waals surface area contributed by atoms with Crippen molar-refractivity contribution in [3.63, 3.8) is 0 Å². The van der Waals surface area contributed by atoms with Gasteiger partial charge in [0.15, 0.2) is 0 Å². The molecule has 0 aliphatic rings. The van der Waals surface area contributed by atoms with Crippen molar-refractivity contribution in [1.29, 1.82) is 0 Å². The van der Waals surface area contributed by atoms with Crippen LogP contribution in [0.4, 0.5) is 0 Å². The quantitative estimate of drug-likeness (QED) is 0.663. The third kappa shape index (κ3) is 3.53. The van der Waals surface area contributed by atoms with Crippen LogP contribution >= 0.6 is 0 Å². The monoisotopic (exact) mass is 366 g/mol. The lowest BCUT2D eigenvalue weighted by atomic mass is 10.0. The highest BCUT2D eigenvalue weighted by atomic mass is 16.5. The zero-order valence-corrected chi connectivity index (χ0v) is 15.8. The summed E-state index contributed by atoms with van der Waals surface area (Å²) in [5.74, 6) is 1.20. The van der Waals surface area contributed by atoms with Gasteiger partial charge in [-0.1, -0.05) is 23.8 Å². The average Bonchev–Trinajstić information content (AvgIpc) is 2.66. The van der Waals surface area contributed by atoms with Crippen LogP contribution in [0.2, 0.25) is 0 Å². The summed E-state index contributed by atoms with van der Waals surface area (Å²) in [5.41, 5.74) is 3.22. The number of benzene rings is 2. The van der Waals surface area contributed by atoms with Gasteiger partial charge >= 0.3 is 0 Å². The van der Waals surface area contributed by atoms with Crippen LogP contribution in [0.5, 0.6) is 17.2 Å². The molecule has 5 nitrogen and oxygen atoms in total. The summed E-state index contributed by atoms with van der Waals surface area (Å²) >= 11 is 0. The van der Waals surface area contributed by atoms with E-state index in [1.54, 1.807) is 25.3 Å². The Morgan fingerprint density at radius 1 is 1.15 bits per heavy atom. The number of fused-ring (bicyclic) bond motifs is 1. The fourth-order valence-corrected chi connectivity index (χ4v) is 3.02. The average molecular weight is 366 g/mol. The SMILES string of the molecule is COc1cc2occ(-c3ccc(O)cc3)c(=O)c2c(OC)c1CC=C(C)C. The second kappa shape index (κ2) is 7.58. The predicted octanol–water partition coefficient (Wildman–Crippen LogP) is 4.69. The molecule has 0 radical (unpaired) electrons. The summed E-state index contributed by atoms with van der Waals surface area (Å²) < 4.78 is 16.8. The van der Waals surface area contributed by atoms with Crippen molar-refractivity contribution in [2.24, 2.45) is 0 Å². The molecule has 0 saturated heterocycles. The Morgan fingerprint density at radius 2 is 1.85 bits per heavy atom. The Morgan fingerprint density at radius 3 is 2.44 bits per heavy atom. The molecule has 0 bridgehead atoms. The summed E-state index contributed by atoms with van der Waals surface area (Å²) in [4.78, 5) is 13.2. The molecule has 1 N–H and O–H groups in total. The molecule has 0 amide bonds. The van der Waals surface area contributed by atoms with Crippen molar-refractivity contribution in [2.75, 3.05) is 14.2 Å². The third-order valence-corrected chi connectivity index (χ3v) is 4.40. The molecule has 2 aromatic carbocycles. The summed E-state index contributed by atoms with van der Waals surface area (Å²) in [6, 6.07) is 8.13. The van der Waals surface area contributed by atoms with E-state index < -0.39 is 0 Å². The summed E-state index contributed by atoms with van der Waals surface area (Å²) in [6.45, 7) is 4.02. The Labute approximate surface area is 157 Å². The lowest BCUT2D eigenvalue weighted by Crippen LogP contribution is -2.08. The lowest BCUT2D eigenvalue weighted by Gasteiger charge is -2.15. The number of allylic oxidation sites excluding steroid dienone is 2. The number of hydrogen-bond donors (Lipinski definition) is 1. The fraction of sp³-hybridized carbons (Fsp3) is 0.227. The molecule has 0 spiro atoms. The first-order valence-electron chi connectivity index (χ1n) is 8.58.